The highest BCUT2D eigenvalue weighted by molar-refractivity contribution is 7.15. The van der Waals surface area contributed by atoms with E-state index in [4.69, 9.17) is 23.2 Å². The van der Waals surface area contributed by atoms with Crippen LogP contribution in [0.5, 0.6) is 0 Å². The molecule has 2 amide bonds. The van der Waals surface area contributed by atoms with E-state index in [0.29, 0.717) is 27.3 Å². The number of nitrogens with one attached hydrogen (secondary N) is 2. The van der Waals surface area contributed by atoms with Crippen LogP contribution in [-0.2, 0) is 6.42 Å². The largest absolute Gasteiger partial charge is 0.325 e. The molecule has 0 aliphatic carbocycles. The molecule has 3 rings (SSSR count). The van der Waals surface area contributed by atoms with Crippen molar-refractivity contribution in [2.24, 2.45) is 0 Å². The Hall–Kier alpha value is -2.15. The van der Waals surface area contributed by atoms with Crippen molar-refractivity contribution < 1.29 is 4.79 Å². The van der Waals surface area contributed by atoms with Gasteiger partial charge >= 0.3 is 6.03 Å². The molecule has 0 aliphatic heterocycles. The van der Waals surface area contributed by atoms with Gasteiger partial charge in [0, 0.05) is 22.2 Å². The van der Waals surface area contributed by atoms with Crippen molar-refractivity contribution in [3.63, 3.8) is 0 Å². The van der Waals surface area contributed by atoms with E-state index >= 15 is 0 Å². The fraction of sp³-hybridized carbons (Fsp3) is 0.0625. The third kappa shape index (κ3) is 4.44. The lowest BCUT2D eigenvalue weighted by molar-refractivity contribution is 0.262. The number of hydrogen-bond donors (Lipinski definition) is 2. The van der Waals surface area contributed by atoms with Crippen LogP contribution in [0.25, 0.3) is 0 Å². The first-order chi connectivity index (χ1) is 11.6. The second kappa shape index (κ2) is 7.61. The summed E-state index contributed by atoms with van der Waals surface area (Å²) >= 11 is 13.3. The zero-order valence-electron chi connectivity index (χ0n) is 12.3. The van der Waals surface area contributed by atoms with E-state index in [9.17, 15) is 4.79 Å². The van der Waals surface area contributed by atoms with Crippen molar-refractivity contribution in [3.8, 4) is 0 Å². The van der Waals surface area contributed by atoms with Crippen LogP contribution >= 0.6 is 34.5 Å². The molecule has 0 fully saturated rings. The van der Waals surface area contributed by atoms with Gasteiger partial charge in [0.25, 0.3) is 0 Å². The Kier molecular flexibility index (Phi) is 5.30. The molecule has 0 aliphatic rings. The van der Waals surface area contributed by atoms with Crippen LogP contribution in [0.1, 0.15) is 10.6 Å². The maximum atomic E-state index is 11.9. The number of hydrogen-bond acceptors (Lipinski definition) is 4. The molecule has 0 saturated carbocycles. The summed E-state index contributed by atoms with van der Waals surface area (Å²) in [5, 5.41) is 15.7. The maximum Gasteiger partial charge on any atom is 0.325 e. The monoisotopic (exact) mass is 378 g/mol. The van der Waals surface area contributed by atoms with Crippen LogP contribution in [0.2, 0.25) is 10.0 Å². The number of para-hydroxylation sites is 1. The quantitative estimate of drug-likeness (QED) is 0.664. The summed E-state index contributed by atoms with van der Waals surface area (Å²) in [5.74, 6) is 0. The molecule has 0 radical (unpaired) electrons. The lowest BCUT2D eigenvalue weighted by atomic mass is 10.2. The van der Waals surface area contributed by atoms with Crippen LogP contribution in [0.3, 0.4) is 0 Å². The first-order valence-corrected chi connectivity index (χ1v) is 8.57. The summed E-state index contributed by atoms with van der Waals surface area (Å²) < 4.78 is 0. The molecule has 0 saturated heterocycles. The minimum Gasteiger partial charge on any atom is -0.308 e. The number of urea groups is 1. The van der Waals surface area contributed by atoms with Crippen LogP contribution in [0, 0.1) is 0 Å². The second-order valence-corrected chi connectivity index (χ2v) is 6.76. The van der Waals surface area contributed by atoms with Gasteiger partial charge in [0.15, 0.2) is 0 Å². The van der Waals surface area contributed by atoms with E-state index in [-0.39, 0.29) is 6.03 Å². The number of amides is 2. The molecule has 2 N–H and O–H groups in total. The Bertz CT molecular complexity index is 854. The highest BCUT2D eigenvalue weighted by atomic mass is 35.5. The molecule has 0 unspecified atom stereocenters. The second-order valence-electron chi connectivity index (χ2n) is 4.86. The molecule has 3 aromatic rings. The Labute approximate surface area is 152 Å². The Morgan fingerprint density at radius 1 is 1.04 bits per heavy atom. The van der Waals surface area contributed by atoms with Gasteiger partial charge < -0.3 is 5.32 Å². The van der Waals surface area contributed by atoms with Crippen LogP contribution in [0.15, 0.2) is 48.5 Å². The Morgan fingerprint density at radius 3 is 2.58 bits per heavy atom. The third-order valence-corrected chi connectivity index (χ3v) is 4.50. The fourth-order valence-electron chi connectivity index (χ4n) is 1.98. The average Bonchev–Trinajstić information content (AvgIpc) is 2.98. The van der Waals surface area contributed by atoms with Gasteiger partial charge in [0.05, 0.1) is 0 Å². The van der Waals surface area contributed by atoms with E-state index in [0.717, 1.165) is 10.6 Å². The summed E-state index contributed by atoms with van der Waals surface area (Å²) in [4.78, 5) is 11.9. The normalized spacial score (nSPS) is 10.4. The van der Waals surface area contributed by atoms with Gasteiger partial charge in [-0.3, -0.25) is 5.32 Å². The zero-order valence-corrected chi connectivity index (χ0v) is 14.6. The molecule has 1 aromatic heterocycles. The predicted molar refractivity (Wildman–Crippen MR) is 98.3 cm³/mol. The number of carbonyl (C=O) groups excluding carboxylic acids is 1. The Morgan fingerprint density at radius 2 is 1.83 bits per heavy atom. The molecular weight excluding hydrogens is 367 g/mol. The zero-order chi connectivity index (χ0) is 16.9. The molecular formula is C16H12Cl2N4OS. The van der Waals surface area contributed by atoms with E-state index in [1.807, 2.05) is 24.3 Å². The summed E-state index contributed by atoms with van der Waals surface area (Å²) in [6.07, 6.45) is 0.523. The molecule has 2 aromatic carbocycles. The van der Waals surface area contributed by atoms with Gasteiger partial charge in [-0.2, -0.15) is 0 Å². The predicted octanol–water partition coefficient (Wildman–Crippen LogP) is 5.08. The summed E-state index contributed by atoms with van der Waals surface area (Å²) in [5.41, 5.74) is 1.60. The molecule has 8 heteroatoms. The maximum absolute atomic E-state index is 11.9. The number of nitrogens with zero attached hydrogens (tertiary/aromatic N) is 2. The van der Waals surface area contributed by atoms with Crippen molar-refractivity contribution in [1.82, 2.24) is 10.2 Å². The van der Waals surface area contributed by atoms with E-state index in [1.165, 1.54) is 11.3 Å². The minimum absolute atomic E-state index is 0.367. The molecule has 0 atom stereocenters. The molecule has 1 heterocycles. The SMILES string of the molecule is O=C(Nc1ccccc1)Nc1nnc(Cc2ccc(Cl)cc2Cl)s1. The van der Waals surface area contributed by atoms with E-state index in [1.54, 1.807) is 24.3 Å². The number of halogens is 2. The molecule has 122 valence electrons. The minimum atomic E-state index is -0.367. The molecule has 24 heavy (non-hydrogen) atoms. The lowest BCUT2D eigenvalue weighted by Crippen LogP contribution is -2.19. The highest BCUT2D eigenvalue weighted by Gasteiger charge is 2.10. The van der Waals surface area contributed by atoms with Gasteiger partial charge in [0.2, 0.25) is 5.13 Å². The molecule has 5 nitrogen and oxygen atoms in total. The first-order valence-electron chi connectivity index (χ1n) is 6.99. The highest BCUT2D eigenvalue weighted by Crippen LogP contribution is 2.25. The standard InChI is InChI=1S/C16H12Cl2N4OS/c17-11-7-6-10(13(18)9-11)8-14-21-22-16(24-14)20-15(23)19-12-4-2-1-3-5-12/h1-7,9H,8H2,(H2,19,20,22,23). The fourth-order valence-corrected chi connectivity index (χ4v) is 3.22. The molecule has 0 bridgehead atoms. The van der Waals surface area contributed by atoms with Crippen molar-refractivity contribution in [3.05, 3.63) is 69.1 Å². The number of carbonyl (C=O) groups is 1. The third-order valence-electron chi connectivity index (χ3n) is 3.08. The van der Waals surface area contributed by atoms with E-state index < -0.39 is 0 Å². The van der Waals surface area contributed by atoms with E-state index in [2.05, 4.69) is 20.8 Å². The van der Waals surface area contributed by atoms with Gasteiger partial charge in [-0.1, -0.05) is 58.8 Å². The number of aromatic nitrogens is 2. The van der Waals surface area contributed by atoms with Crippen LogP contribution in [-0.4, -0.2) is 16.2 Å². The van der Waals surface area contributed by atoms with Crippen LogP contribution in [0.4, 0.5) is 15.6 Å². The van der Waals surface area contributed by atoms with Crippen molar-refractivity contribution >= 4 is 51.4 Å². The number of rotatable bonds is 4. The van der Waals surface area contributed by atoms with Gasteiger partial charge in [-0.25, -0.2) is 4.79 Å². The summed E-state index contributed by atoms with van der Waals surface area (Å²) in [7, 11) is 0. The first kappa shape index (κ1) is 16.7. The summed E-state index contributed by atoms with van der Waals surface area (Å²) in [6, 6.07) is 14.1. The number of benzene rings is 2. The van der Waals surface area contributed by atoms with Gasteiger partial charge in [-0.05, 0) is 29.8 Å². The van der Waals surface area contributed by atoms with Gasteiger partial charge in [-0.15, -0.1) is 10.2 Å². The molecule has 0 spiro atoms. The lowest BCUT2D eigenvalue weighted by Gasteiger charge is -2.04. The smallest absolute Gasteiger partial charge is 0.308 e. The van der Waals surface area contributed by atoms with Gasteiger partial charge in [0.1, 0.15) is 5.01 Å². The van der Waals surface area contributed by atoms with Crippen molar-refractivity contribution in [2.75, 3.05) is 10.6 Å². The van der Waals surface area contributed by atoms with Crippen molar-refractivity contribution in [1.29, 1.82) is 0 Å². The summed E-state index contributed by atoms with van der Waals surface area (Å²) in [6.45, 7) is 0. The topological polar surface area (TPSA) is 66.9 Å². The number of anilines is 2. The Balaban J connectivity index is 1.62. The van der Waals surface area contributed by atoms with Crippen LogP contribution < -0.4 is 10.6 Å². The van der Waals surface area contributed by atoms with Crippen molar-refractivity contribution in [2.45, 2.75) is 6.42 Å². The average molecular weight is 379 g/mol.